The van der Waals surface area contributed by atoms with Gasteiger partial charge in [0.2, 0.25) is 0 Å². The number of hydrogen-bond donors (Lipinski definition) is 0. The van der Waals surface area contributed by atoms with Crippen LogP contribution in [0.25, 0.3) is 0 Å². The predicted octanol–water partition coefficient (Wildman–Crippen LogP) is 4.89. The average molecular weight is 196 g/mol. The van der Waals surface area contributed by atoms with Gasteiger partial charge < -0.3 is 0 Å². The smallest absolute Gasteiger partial charge is 0.0297 e. The van der Waals surface area contributed by atoms with Crippen LogP contribution < -0.4 is 0 Å². The van der Waals surface area contributed by atoms with Crippen molar-refractivity contribution >= 4 is 0 Å². The minimum atomic E-state index is 0.593. The second kappa shape index (κ2) is 4.68. The molecule has 3 unspecified atom stereocenters. The highest BCUT2D eigenvalue weighted by Gasteiger charge is 2.48. The van der Waals surface area contributed by atoms with E-state index in [1.165, 1.54) is 32.1 Å². The molecular formula is C14H28. The van der Waals surface area contributed by atoms with Gasteiger partial charge in [-0.2, -0.15) is 0 Å². The van der Waals surface area contributed by atoms with Gasteiger partial charge in [0, 0.05) is 0 Å². The summed E-state index contributed by atoms with van der Waals surface area (Å²) in [7, 11) is 0. The lowest BCUT2D eigenvalue weighted by molar-refractivity contribution is 0.168. The SMILES string of the molecule is CCCCC(C)C(C)(C)C1CC1CC. The van der Waals surface area contributed by atoms with Crippen molar-refractivity contribution in [1.29, 1.82) is 0 Å². The molecule has 0 bridgehead atoms. The van der Waals surface area contributed by atoms with Crippen LogP contribution in [-0.4, -0.2) is 0 Å². The van der Waals surface area contributed by atoms with Gasteiger partial charge in [-0.3, -0.25) is 0 Å². The summed E-state index contributed by atoms with van der Waals surface area (Å²) in [6.07, 6.45) is 7.08. The molecule has 3 atom stereocenters. The van der Waals surface area contributed by atoms with E-state index in [4.69, 9.17) is 0 Å². The first-order chi connectivity index (χ1) is 6.54. The predicted molar refractivity (Wildman–Crippen MR) is 64.4 cm³/mol. The third-order valence-electron chi connectivity index (χ3n) is 4.66. The van der Waals surface area contributed by atoms with Gasteiger partial charge in [-0.15, -0.1) is 0 Å². The molecule has 0 aromatic rings. The van der Waals surface area contributed by atoms with Gasteiger partial charge in [0.15, 0.2) is 0 Å². The van der Waals surface area contributed by atoms with Crippen molar-refractivity contribution in [2.24, 2.45) is 23.2 Å². The number of unbranched alkanes of at least 4 members (excludes halogenated alkanes) is 1. The first kappa shape index (κ1) is 12.1. The first-order valence-corrected chi connectivity index (χ1v) is 6.54. The van der Waals surface area contributed by atoms with E-state index >= 15 is 0 Å². The normalized spacial score (nSPS) is 28.9. The zero-order valence-corrected chi connectivity index (χ0v) is 10.8. The summed E-state index contributed by atoms with van der Waals surface area (Å²) in [6.45, 7) is 12.1. The Balaban J connectivity index is 2.40. The molecule has 1 aliphatic carbocycles. The number of rotatable bonds is 6. The summed E-state index contributed by atoms with van der Waals surface area (Å²) in [4.78, 5) is 0. The van der Waals surface area contributed by atoms with E-state index in [2.05, 4.69) is 34.6 Å². The molecule has 14 heavy (non-hydrogen) atoms. The Morgan fingerprint density at radius 3 is 2.36 bits per heavy atom. The van der Waals surface area contributed by atoms with Gasteiger partial charge in [0.1, 0.15) is 0 Å². The molecule has 0 aliphatic heterocycles. The summed E-state index contributed by atoms with van der Waals surface area (Å²) in [5.41, 5.74) is 0.593. The third kappa shape index (κ3) is 2.52. The summed E-state index contributed by atoms with van der Waals surface area (Å²) >= 11 is 0. The molecule has 0 spiro atoms. The minimum Gasteiger partial charge on any atom is -0.0654 e. The topological polar surface area (TPSA) is 0 Å². The monoisotopic (exact) mass is 196 g/mol. The van der Waals surface area contributed by atoms with Crippen molar-refractivity contribution in [1.82, 2.24) is 0 Å². The van der Waals surface area contributed by atoms with Crippen LogP contribution in [0, 0.1) is 23.2 Å². The van der Waals surface area contributed by atoms with E-state index in [1.54, 1.807) is 0 Å². The van der Waals surface area contributed by atoms with Gasteiger partial charge in [0.25, 0.3) is 0 Å². The molecule has 1 fully saturated rings. The average Bonchev–Trinajstić information content (AvgIpc) is 2.93. The Labute approximate surface area is 90.5 Å². The van der Waals surface area contributed by atoms with Crippen LogP contribution in [0.5, 0.6) is 0 Å². The van der Waals surface area contributed by atoms with Crippen LogP contribution in [-0.2, 0) is 0 Å². The molecule has 1 saturated carbocycles. The lowest BCUT2D eigenvalue weighted by Crippen LogP contribution is -2.25. The van der Waals surface area contributed by atoms with Gasteiger partial charge >= 0.3 is 0 Å². The fraction of sp³-hybridized carbons (Fsp3) is 1.00. The van der Waals surface area contributed by atoms with E-state index in [-0.39, 0.29) is 0 Å². The van der Waals surface area contributed by atoms with Crippen LogP contribution in [0.4, 0.5) is 0 Å². The Morgan fingerprint density at radius 1 is 1.29 bits per heavy atom. The Bertz CT molecular complexity index is 169. The second-order valence-corrected chi connectivity index (χ2v) is 5.88. The minimum absolute atomic E-state index is 0.593. The molecule has 0 heterocycles. The maximum Gasteiger partial charge on any atom is -0.0297 e. The standard InChI is InChI=1S/C14H28/c1-6-8-9-11(3)14(4,5)13-10-12(13)7-2/h11-13H,6-10H2,1-5H3. The summed E-state index contributed by atoms with van der Waals surface area (Å²) < 4.78 is 0. The second-order valence-electron chi connectivity index (χ2n) is 5.88. The maximum absolute atomic E-state index is 2.49. The van der Waals surface area contributed by atoms with Crippen molar-refractivity contribution in [3.05, 3.63) is 0 Å². The summed E-state index contributed by atoms with van der Waals surface area (Å²) in [6, 6.07) is 0. The van der Waals surface area contributed by atoms with Crippen LogP contribution in [0.3, 0.4) is 0 Å². The molecule has 0 amide bonds. The lowest BCUT2D eigenvalue weighted by Gasteiger charge is -2.33. The fourth-order valence-electron chi connectivity index (χ4n) is 2.86. The molecule has 0 heteroatoms. The molecule has 1 aliphatic rings. The first-order valence-electron chi connectivity index (χ1n) is 6.54. The van der Waals surface area contributed by atoms with E-state index in [9.17, 15) is 0 Å². The van der Waals surface area contributed by atoms with Crippen LogP contribution in [0.2, 0.25) is 0 Å². The number of hydrogen-bond acceptors (Lipinski definition) is 0. The van der Waals surface area contributed by atoms with E-state index in [1.807, 2.05) is 0 Å². The third-order valence-corrected chi connectivity index (χ3v) is 4.66. The van der Waals surface area contributed by atoms with Crippen molar-refractivity contribution in [3.8, 4) is 0 Å². The summed E-state index contributed by atoms with van der Waals surface area (Å²) in [5, 5.41) is 0. The van der Waals surface area contributed by atoms with Gasteiger partial charge in [0.05, 0.1) is 0 Å². The lowest BCUT2D eigenvalue weighted by atomic mass is 9.73. The maximum atomic E-state index is 2.49. The van der Waals surface area contributed by atoms with Crippen LogP contribution >= 0.6 is 0 Å². The highest BCUT2D eigenvalue weighted by atomic mass is 14.5. The molecule has 0 nitrogen and oxygen atoms in total. The molecule has 0 saturated heterocycles. The van der Waals surface area contributed by atoms with Gasteiger partial charge in [-0.1, -0.05) is 60.3 Å². The zero-order chi connectivity index (χ0) is 10.8. The van der Waals surface area contributed by atoms with Crippen molar-refractivity contribution in [2.75, 3.05) is 0 Å². The highest BCUT2D eigenvalue weighted by Crippen LogP contribution is 2.56. The fourth-order valence-corrected chi connectivity index (χ4v) is 2.86. The van der Waals surface area contributed by atoms with E-state index in [0.717, 1.165) is 17.8 Å². The highest BCUT2D eigenvalue weighted by molar-refractivity contribution is 4.97. The van der Waals surface area contributed by atoms with Gasteiger partial charge in [-0.05, 0) is 29.6 Å². The van der Waals surface area contributed by atoms with Crippen molar-refractivity contribution in [2.45, 2.75) is 66.7 Å². The molecule has 0 aromatic heterocycles. The Morgan fingerprint density at radius 2 is 1.93 bits per heavy atom. The Kier molecular flexibility index (Phi) is 4.04. The molecule has 0 radical (unpaired) electrons. The van der Waals surface area contributed by atoms with Gasteiger partial charge in [-0.25, -0.2) is 0 Å². The zero-order valence-electron chi connectivity index (χ0n) is 10.8. The molecule has 0 N–H and O–H groups in total. The van der Waals surface area contributed by atoms with Crippen LogP contribution in [0.1, 0.15) is 66.7 Å². The summed E-state index contributed by atoms with van der Waals surface area (Å²) in [5.74, 6) is 2.98. The molecule has 0 aromatic carbocycles. The van der Waals surface area contributed by atoms with E-state index in [0.29, 0.717) is 5.41 Å². The Hall–Kier alpha value is 0. The van der Waals surface area contributed by atoms with Crippen molar-refractivity contribution < 1.29 is 0 Å². The quantitative estimate of drug-likeness (QED) is 0.567. The van der Waals surface area contributed by atoms with Crippen molar-refractivity contribution in [3.63, 3.8) is 0 Å². The van der Waals surface area contributed by atoms with Crippen LogP contribution in [0.15, 0.2) is 0 Å². The molecule has 84 valence electrons. The molecular weight excluding hydrogens is 168 g/mol. The largest absolute Gasteiger partial charge is 0.0654 e. The molecule has 1 rings (SSSR count). The van der Waals surface area contributed by atoms with E-state index < -0.39 is 0 Å².